The Kier molecular flexibility index (Phi) is 11.8. The van der Waals surface area contributed by atoms with E-state index >= 15 is 0 Å². The lowest BCUT2D eigenvalue weighted by Crippen LogP contribution is -2.12. The average molecular weight is 413 g/mol. The lowest BCUT2D eigenvalue weighted by atomic mass is 10.0. The Bertz CT molecular complexity index is 628. The van der Waals surface area contributed by atoms with Gasteiger partial charge in [0.2, 0.25) is 17.2 Å². The zero-order chi connectivity index (χ0) is 21.6. The molecule has 1 aromatic carbocycles. The number of hydrogen-bond donors (Lipinski definition) is 2. The summed E-state index contributed by atoms with van der Waals surface area (Å²) in [5, 5.41) is 20.0. The van der Waals surface area contributed by atoms with Crippen LogP contribution in [0.1, 0.15) is 78.2 Å². The molecule has 1 aromatic rings. The fourth-order valence-electron chi connectivity index (χ4n) is 2.74. The smallest absolute Gasteiger partial charge is 0.502 e. The minimum atomic E-state index is -1.50. The third-order valence-corrected chi connectivity index (χ3v) is 4.31. The van der Waals surface area contributed by atoms with Gasteiger partial charge < -0.3 is 29.2 Å². The Balaban J connectivity index is 3.56. The van der Waals surface area contributed by atoms with E-state index in [1.807, 2.05) is 13.8 Å². The number of carbonyl (C=O) groups is 1. The van der Waals surface area contributed by atoms with Gasteiger partial charge in [-0.05, 0) is 25.7 Å². The molecule has 7 heteroatoms. The quantitative estimate of drug-likeness (QED) is 0.209. The van der Waals surface area contributed by atoms with Crippen molar-refractivity contribution in [2.24, 2.45) is 0 Å². The number of phenols is 1. The van der Waals surface area contributed by atoms with Crippen molar-refractivity contribution in [3.05, 3.63) is 5.56 Å². The van der Waals surface area contributed by atoms with Crippen molar-refractivity contribution in [3.8, 4) is 28.7 Å². The Morgan fingerprint density at radius 1 is 0.724 bits per heavy atom. The lowest BCUT2D eigenvalue weighted by Gasteiger charge is -2.23. The van der Waals surface area contributed by atoms with E-state index in [1.54, 1.807) is 0 Å². The van der Waals surface area contributed by atoms with Crippen molar-refractivity contribution >= 4 is 6.16 Å². The van der Waals surface area contributed by atoms with E-state index in [1.165, 1.54) is 0 Å². The minimum Gasteiger partial charge on any atom is -0.502 e. The number of carboxylic acid groups (broad SMARTS) is 1. The minimum absolute atomic E-state index is 0.0807. The molecule has 0 heterocycles. The molecule has 1 rings (SSSR count). The molecule has 0 aromatic heterocycles. The van der Waals surface area contributed by atoms with Crippen LogP contribution < -0.4 is 18.9 Å². The molecular weight excluding hydrogens is 376 g/mol. The van der Waals surface area contributed by atoms with Crippen LogP contribution in [0.4, 0.5) is 4.79 Å². The van der Waals surface area contributed by atoms with Gasteiger partial charge in [0.15, 0.2) is 11.5 Å². The van der Waals surface area contributed by atoms with Gasteiger partial charge in [0, 0.05) is 5.56 Å². The Hall–Kier alpha value is -2.31. The monoisotopic (exact) mass is 412 g/mol. The van der Waals surface area contributed by atoms with E-state index in [9.17, 15) is 15.0 Å². The van der Waals surface area contributed by atoms with Gasteiger partial charge in [0.25, 0.3) is 0 Å². The van der Waals surface area contributed by atoms with E-state index in [0.717, 1.165) is 38.5 Å². The Morgan fingerprint density at radius 2 is 1.21 bits per heavy atom. The maximum atomic E-state index is 11.3. The summed E-state index contributed by atoms with van der Waals surface area (Å²) in [7, 11) is 0. The molecule has 29 heavy (non-hydrogen) atoms. The molecule has 0 aliphatic rings. The van der Waals surface area contributed by atoms with Crippen molar-refractivity contribution in [2.75, 3.05) is 19.8 Å². The predicted molar refractivity (Wildman–Crippen MR) is 112 cm³/mol. The van der Waals surface area contributed by atoms with Gasteiger partial charge in [0.1, 0.15) is 0 Å². The SMILES string of the molecule is CCCCOc1c(O)c(OC(=O)O)c(CCC)c(OCCCC)c1OCCCC. The highest BCUT2D eigenvalue weighted by Gasteiger charge is 2.30. The summed E-state index contributed by atoms with van der Waals surface area (Å²) in [4.78, 5) is 11.3. The van der Waals surface area contributed by atoms with Crippen LogP contribution in [-0.2, 0) is 6.42 Å². The summed E-state index contributed by atoms with van der Waals surface area (Å²) in [6.07, 6.45) is 4.95. The zero-order valence-electron chi connectivity index (χ0n) is 18.2. The fraction of sp³-hybridized carbons (Fsp3) is 0.682. The van der Waals surface area contributed by atoms with Crippen molar-refractivity contribution in [3.63, 3.8) is 0 Å². The van der Waals surface area contributed by atoms with Crippen molar-refractivity contribution < 1.29 is 34.0 Å². The Morgan fingerprint density at radius 3 is 1.66 bits per heavy atom. The van der Waals surface area contributed by atoms with E-state index in [-0.39, 0.29) is 17.2 Å². The highest BCUT2D eigenvalue weighted by atomic mass is 16.7. The van der Waals surface area contributed by atoms with Gasteiger partial charge in [-0.3, -0.25) is 0 Å². The molecule has 0 saturated heterocycles. The highest BCUT2D eigenvalue weighted by Crippen LogP contribution is 2.54. The third kappa shape index (κ3) is 7.55. The van der Waals surface area contributed by atoms with Gasteiger partial charge in [0.05, 0.1) is 19.8 Å². The summed E-state index contributed by atoms with van der Waals surface area (Å²) in [5.41, 5.74) is 0.484. The predicted octanol–water partition coefficient (Wildman–Crippen LogP) is 5.94. The van der Waals surface area contributed by atoms with Crippen LogP contribution in [0, 0.1) is 0 Å². The summed E-state index contributed by atoms with van der Waals surface area (Å²) >= 11 is 0. The molecule has 0 fully saturated rings. The maximum absolute atomic E-state index is 11.3. The standard InChI is InChI=1S/C22H36O7/c1-5-9-13-26-19-16(12-8-4)18(29-22(24)25)17(23)20(27-14-10-6-2)21(19)28-15-11-7-3/h23H,5-15H2,1-4H3,(H,24,25). The summed E-state index contributed by atoms with van der Waals surface area (Å²) in [5.74, 6) is 0.305. The molecule has 0 amide bonds. The molecule has 0 atom stereocenters. The van der Waals surface area contributed by atoms with Gasteiger partial charge in [-0.2, -0.15) is 0 Å². The fourth-order valence-corrected chi connectivity index (χ4v) is 2.74. The second kappa shape index (κ2) is 13.8. The second-order valence-corrected chi connectivity index (χ2v) is 6.87. The first kappa shape index (κ1) is 24.7. The van der Waals surface area contributed by atoms with Crippen LogP contribution in [0.15, 0.2) is 0 Å². The van der Waals surface area contributed by atoms with Crippen LogP contribution in [0.5, 0.6) is 28.7 Å². The summed E-state index contributed by atoms with van der Waals surface area (Å²) in [6, 6.07) is 0. The molecule has 0 spiro atoms. The van der Waals surface area contributed by atoms with Gasteiger partial charge in [-0.1, -0.05) is 53.4 Å². The van der Waals surface area contributed by atoms with Crippen LogP contribution >= 0.6 is 0 Å². The van der Waals surface area contributed by atoms with E-state index in [2.05, 4.69) is 13.8 Å². The van der Waals surface area contributed by atoms with Gasteiger partial charge in [-0.25, -0.2) is 4.79 Å². The maximum Gasteiger partial charge on any atom is 0.511 e. The van der Waals surface area contributed by atoms with Gasteiger partial charge in [-0.15, -0.1) is 0 Å². The van der Waals surface area contributed by atoms with Crippen LogP contribution in [0.3, 0.4) is 0 Å². The number of ether oxygens (including phenoxy) is 4. The average Bonchev–Trinajstić information content (AvgIpc) is 2.69. The first-order valence-corrected chi connectivity index (χ1v) is 10.7. The number of hydrogen-bond acceptors (Lipinski definition) is 6. The molecule has 166 valence electrons. The normalized spacial score (nSPS) is 10.6. The number of rotatable bonds is 15. The van der Waals surface area contributed by atoms with E-state index in [0.29, 0.717) is 49.7 Å². The Labute approximate surface area is 173 Å². The molecule has 0 saturated carbocycles. The number of aromatic hydroxyl groups is 1. The second-order valence-electron chi connectivity index (χ2n) is 6.87. The first-order chi connectivity index (χ1) is 14.0. The largest absolute Gasteiger partial charge is 0.511 e. The molecule has 0 unspecified atom stereocenters. The van der Waals surface area contributed by atoms with Gasteiger partial charge >= 0.3 is 6.16 Å². The van der Waals surface area contributed by atoms with Crippen LogP contribution in [-0.4, -0.2) is 36.2 Å². The molecule has 7 nitrogen and oxygen atoms in total. The van der Waals surface area contributed by atoms with Crippen molar-refractivity contribution in [2.45, 2.75) is 79.1 Å². The van der Waals surface area contributed by atoms with E-state index in [4.69, 9.17) is 18.9 Å². The van der Waals surface area contributed by atoms with E-state index < -0.39 is 6.16 Å². The van der Waals surface area contributed by atoms with Crippen LogP contribution in [0.25, 0.3) is 0 Å². The zero-order valence-corrected chi connectivity index (χ0v) is 18.2. The highest BCUT2D eigenvalue weighted by molar-refractivity contribution is 5.73. The van der Waals surface area contributed by atoms with Crippen molar-refractivity contribution in [1.29, 1.82) is 0 Å². The molecule has 0 bridgehead atoms. The summed E-state index contributed by atoms with van der Waals surface area (Å²) < 4.78 is 22.8. The third-order valence-electron chi connectivity index (χ3n) is 4.31. The number of unbranched alkanes of at least 4 members (excludes halogenated alkanes) is 3. The van der Waals surface area contributed by atoms with Crippen LogP contribution in [0.2, 0.25) is 0 Å². The lowest BCUT2D eigenvalue weighted by molar-refractivity contribution is 0.141. The molecule has 0 aliphatic heterocycles. The number of phenolic OH excluding ortho intramolecular Hbond substituents is 1. The topological polar surface area (TPSA) is 94.5 Å². The first-order valence-electron chi connectivity index (χ1n) is 10.7. The van der Waals surface area contributed by atoms with Crippen molar-refractivity contribution in [1.82, 2.24) is 0 Å². The number of benzene rings is 1. The molecule has 0 radical (unpaired) electrons. The summed E-state index contributed by atoms with van der Waals surface area (Å²) in [6.45, 7) is 9.36. The molecular formula is C22H36O7. The molecule has 0 aliphatic carbocycles. The molecule has 2 N–H and O–H groups in total.